The van der Waals surface area contributed by atoms with Gasteiger partial charge in [-0.25, -0.2) is 9.18 Å². The van der Waals surface area contributed by atoms with E-state index in [1.165, 1.54) is 25.3 Å². The van der Waals surface area contributed by atoms with Crippen LogP contribution in [0.2, 0.25) is 0 Å². The molecule has 0 aliphatic rings. The minimum Gasteiger partial charge on any atom is -0.465 e. The molecule has 5 nitrogen and oxygen atoms in total. The third-order valence-corrected chi connectivity index (χ3v) is 2.98. The Bertz CT molecular complexity index is 625. The Hall–Kier alpha value is -2.37. The SMILES string of the molecule is COC(=O)c1ccc(F)c(NC(C)c2cnn(C)c2)c1. The molecule has 20 heavy (non-hydrogen) atoms. The van der Waals surface area contributed by atoms with Crippen molar-refractivity contribution in [3.05, 3.63) is 47.5 Å². The number of halogens is 1. The van der Waals surface area contributed by atoms with Crippen molar-refractivity contribution in [1.29, 1.82) is 0 Å². The Kier molecular flexibility index (Phi) is 4.02. The largest absolute Gasteiger partial charge is 0.465 e. The van der Waals surface area contributed by atoms with Gasteiger partial charge in [-0.2, -0.15) is 5.10 Å². The summed E-state index contributed by atoms with van der Waals surface area (Å²) in [6.07, 6.45) is 3.56. The van der Waals surface area contributed by atoms with Gasteiger partial charge in [0.05, 0.1) is 30.6 Å². The number of ether oxygens (including phenoxy) is 1. The van der Waals surface area contributed by atoms with Crippen molar-refractivity contribution in [3.63, 3.8) is 0 Å². The number of aryl methyl sites for hydroxylation is 1. The number of rotatable bonds is 4. The Balaban J connectivity index is 2.22. The molecule has 1 aromatic heterocycles. The van der Waals surface area contributed by atoms with E-state index in [0.29, 0.717) is 5.56 Å². The number of carbonyl (C=O) groups is 1. The van der Waals surface area contributed by atoms with E-state index in [1.54, 1.807) is 10.9 Å². The van der Waals surface area contributed by atoms with Crippen LogP contribution in [0.15, 0.2) is 30.6 Å². The van der Waals surface area contributed by atoms with Crippen molar-refractivity contribution in [3.8, 4) is 0 Å². The van der Waals surface area contributed by atoms with Gasteiger partial charge in [0.1, 0.15) is 5.82 Å². The number of methoxy groups -OCH3 is 1. The number of benzene rings is 1. The maximum Gasteiger partial charge on any atom is 0.337 e. The lowest BCUT2D eigenvalue weighted by Gasteiger charge is -2.15. The summed E-state index contributed by atoms with van der Waals surface area (Å²) in [7, 11) is 3.10. The lowest BCUT2D eigenvalue weighted by atomic mass is 10.1. The van der Waals surface area contributed by atoms with Crippen molar-refractivity contribution in [2.75, 3.05) is 12.4 Å². The van der Waals surface area contributed by atoms with Gasteiger partial charge in [0.15, 0.2) is 0 Å². The number of nitrogens with zero attached hydrogens (tertiary/aromatic N) is 2. The van der Waals surface area contributed by atoms with Gasteiger partial charge in [0, 0.05) is 18.8 Å². The van der Waals surface area contributed by atoms with Crippen LogP contribution in [-0.2, 0) is 11.8 Å². The average Bonchev–Trinajstić information content (AvgIpc) is 2.87. The van der Waals surface area contributed by atoms with Crippen LogP contribution in [0, 0.1) is 5.82 Å². The molecular weight excluding hydrogens is 261 g/mol. The monoisotopic (exact) mass is 277 g/mol. The number of anilines is 1. The molecule has 0 saturated carbocycles. The van der Waals surface area contributed by atoms with Gasteiger partial charge in [-0.05, 0) is 25.1 Å². The normalized spacial score (nSPS) is 12.0. The van der Waals surface area contributed by atoms with E-state index in [9.17, 15) is 9.18 Å². The molecule has 0 aliphatic heterocycles. The lowest BCUT2D eigenvalue weighted by Crippen LogP contribution is -2.09. The first-order chi connectivity index (χ1) is 9.51. The van der Waals surface area contributed by atoms with Gasteiger partial charge < -0.3 is 10.1 Å². The smallest absolute Gasteiger partial charge is 0.337 e. The summed E-state index contributed by atoms with van der Waals surface area (Å²) >= 11 is 0. The molecule has 2 rings (SSSR count). The highest BCUT2D eigenvalue weighted by Gasteiger charge is 2.13. The van der Waals surface area contributed by atoms with E-state index in [0.717, 1.165) is 5.56 Å². The van der Waals surface area contributed by atoms with Gasteiger partial charge in [-0.15, -0.1) is 0 Å². The van der Waals surface area contributed by atoms with Crippen LogP contribution < -0.4 is 5.32 Å². The zero-order valence-electron chi connectivity index (χ0n) is 11.6. The summed E-state index contributed by atoms with van der Waals surface area (Å²) in [6.45, 7) is 1.89. The van der Waals surface area contributed by atoms with Crippen LogP contribution in [0.4, 0.5) is 10.1 Å². The van der Waals surface area contributed by atoms with Crippen molar-refractivity contribution >= 4 is 11.7 Å². The number of aromatic nitrogens is 2. The van der Waals surface area contributed by atoms with Crippen molar-refractivity contribution in [2.24, 2.45) is 7.05 Å². The van der Waals surface area contributed by atoms with E-state index in [-0.39, 0.29) is 11.7 Å². The first-order valence-corrected chi connectivity index (χ1v) is 6.14. The van der Waals surface area contributed by atoms with E-state index >= 15 is 0 Å². The van der Waals surface area contributed by atoms with Crippen LogP contribution in [0.1, 0.15) is 28.9 Å². The standard InChI is InChI=1S/C14H16FN3O2/c1-9(11-7-16-18(2)8-11)17-13-6-10(14(19)20-3)4-5-12(13)15/h4-9,17H,1-3H3. The van der Waals surface area contributed by atoms with Gasteiger partial charge in [-0.3, -0.25) is 4.68 Å². The molecule has 1 aromatic carbocycles. The Labute approximate surface area is 116 Å². The fourth-order valence-electron chi connectivity index (χ4n) is 1.86. The molecule has 1 unspecified atom stereocenters. The molecule has 0 amide bonds. The Morgan fingerprint density at radius 1 is 1.50 bits per heavy atom. The highest BCUT2D eigenvalue weighted by atomic mass is 19.1. The van der Waals surface area contributed by atoms with Gasteiger partial charge >= 0.3 is 5.97 Å². The summed E-state index contributed by atoms with van der Waals surface area (Å²) in [4.78, 5) is 11.5. The molecule has 2 aromatic rings. The molecule has 1 N–H and O–H groups in total. The van der Waals surface area contributed by atoms with E-state index < -0.39 is 11.8 Å². The fourth-order valence-corrected chi connectivity index (χ4v) is 1.86. The van der Waals surface area contributed by atoms with Crippen molar-refractivity contribution in [1.82, 2.24) is 9.78 Å². The van der Waals surface area contributed by atoms with E-state index in [2.05, 4.69) is 15.2 Å². The fraction of sp³-hybridized carbons (Fsp3) is 0.286. The van der Waals surface area contributed by atoms with E-state index in [1.807, 2.05) is 20.2 Å². The number of esters is 1. The zero-order chi connectivity index (χ0) is 14.7. The zero-order valence-corrected chi connectivity index (χ0v) is 11.6. The first kappa shape index (κ1) is 14.0. The van der Waals surface area contributed by atoms with Crippen LogP contribution in [0.5, 0.6) is 0 Å². The Morgan fingerprint density at radius 2 is 2.25 bits per heavy atom. The van der Waals surface area contributed by atoms with Gasteiger partial charge in [-0.1, -0.05) is 0 Å². The number of hydrogen-bond acceptors (Lipinski definition) is 4. The highest BCUT2D eigenvalue weighted by Crippen LogP contribution is 2.22. The molecule has 0 spiro atoms. The predicted molar refractivity (Wildman–Crippen MR) is 73.0 cm³/mol. The Morgan fingerprint density at radius 3 is 2.85 bits per heavy atom. The van der Waals surface area contributed by atoms with Gasteiger partial charge in [0.2, 0.25) is 0 Å². The lowest BCUT2D eigenvalue weighted by molar-refractivity contribution is 0.0600. The molecule has 0 radical (unpaired) electrons. The molecule has 0 fully saturated rings. The van der Waals surface area contributed by atoms with Crippen LogP contribution in [0.3, 0.4) is 0 Å². The molecule has 1 heterocycles. The summed E-state index contributed by atoms with van der Waals surface area (Å²) in [5, 5.41) is 7.09. The summed E-state index contributed by atoms with van der Waals surface area (Å²) in [5.74, 6) is -0.921. The quantitative estimate of drug-likeness (QED) is 0.872. The maximum atomic E-state index is 13.8. The molecule has 106 valence electrons. The number of hydrogen-bond donors (Lipinski definition) is 1. The summed E-state index contributed by atoms with van der Waals surface area (Å²) < 4.78 is 20.1. The second-order valence-electron chi connectivity index (χ2n) is 4.50. The topological polar surface area (TPSA) is 56.1 Å². The third kappa shape index (κ3) is 2.96. The molecule has 1 atom stereocenters. The first-order valence-electron chi connectivity index (χ1n) is 6.14. The molecule has 0 saturated heterocycles. The van der Waals surface area contributed by atoms with Crippen LogP contribution >= 0.6 is 0 Å². The average molecular weight is 277 g/mol. The second kappa shape index (κ2) is 5.73. The van der Waals surface area contributed by atoms with E-state index in [4.69, 9.17) is 0 Å². The van der Waals surface area contributed by atoms with Crippen molar-refractivity contribution in [2.45, 2.75) is 13.0 Å². The maximum absolute atomic E-state index is 13.8. The number of carbonyl (C=O) groups excluding carboxylic acids is 1. The minimum atomic E-state index is -0.498. The highest BCUT2D eigenvalue weighted by molar-refractivity contribution is 5.90. The van der Waals surface area contributed by atoms with Crippen LogP contribution in [0.25, 0.3) is 0 Å². The van der Waals surface area contributed by atoms with Gasteiger partial charge in [0.25, 0.3) is 0 Å². The summed E-state index contributed by atoms with van der Waals surface area (Å²) in [5.41, 5.74) is 1.48. The molecule has 0 aliphatic carbocycles. The summed E-state index contributed by atoms with van der Waals surface area (Å²) in [6, 6.07) is 3.94. The van der Waals surface area contributed by atoms with Crippen LogP contribution in [-0.4, -0.2) is 22.9 Å². The van der Waals surface area contributed by atoms with Crippen molar-refractivity contribution < 1.29 is 13.9 Å². The predicted octanol–water partition coefficient (Wildman–Crippen LogP) is 2.52. The number of nitrogens with one attached hydrogen (secondary N) is 1. The molecule has 0 bridgehead atoms. The molecular formula is C14H16FN3O2. The second-order valence-corrected chi connectivity index (χ2v) is 4.50. The minimum absolute atomic E-state index is 0.133. The third-order valence-electron chi connectivity index (χ3n) is 2.98. The molecule has 6 heteroatoms.